The summed E-state index contributed by atoms with van der Waals surface area (Å²) in [6, 6.07) is 0.615. The van der Waals surface area contributed by atoms with Gasteiger partial charge < -0.3 is 18.5 Å². The maximum Gasteiger partial charge on any atom is 0.259 e. The van der Waals surface area contributed by atoms with Gasteiger partial charge in [0.15, 0.2) is 5.12 Å². The Morgan fingerprint density at radius 1 is 1.10 bits per heavy atom. The van der Waals surface area contributed by atoms with Gasteiger partial charge in [0, 0.05) is 29.2 Å². The smallest absolute Gasteiger partial charge is 0.259 e. The number of hydrogen-bond donors (Lipinski definition) is 0. The van der Waals surface area contributed by atoms with E-state index in [-0.39, 0.29) is 28.8 Å². The molecule has 5 atom stereocenters. The van der Waals surface area contributed by atoms with E-state index in [1.54, 1.807) is 0 Å². The van der Waals surface area contributed by atoms with Gasteiger partial charge in [0.2, 0.25) is 0 Å². The molecule has 31 heavy (non-hydrogen) atoms. The van der Waals surface area contributed by atoms with E-state index in [1.807, 2.05) is 20.8 Å². The SMILES string of the molecule is CC[C@H]1O[C@@H](C)[C@@H](C)C1OP(OCCOCCSC(=O)C(C)(C)C)N(C(C)C)C(C)C. The van der Waals surface area contributed by atoms with Crippen LogP contribution in [0.15, 0.2) is 0 Å². The second kappa shape index (κ2) is 13.8. The molecule has 0 aromatic heterocycles. The second-order valence-corrected chi connectivity index (χ2v) is 12.3. The predicted octanol–water partition coefficient (Wildman–Crippen LogP) is 5.89. The summed E-state index contributed by atoms with van der Waals surface area (Å²) in [7, 11) is -1.23. The van der Waals surface area contributed by atoms with E-state index in [9.17, 15) is 4.79 Å². The van der Waals surface area contributed by atoms with Gasteiger partial charge >= 0.3 is 0 Å². The lowest BCUT2D eigenvalue weighted by Gasteiger charge is -2.38. The Hall–Kier alpha value is 0.250. The number of carbonyl (C=O) groups excluding carboxylic acids is 1. The van der Waals surface area contributed by atoms with Crippen LogP contribution in [0.25, 0.3) is 0 Å². The van der Waals surface area contributed by atoms with Crippen molar-refractivity contribution in [3.63, 3.8) is 0 Å². The van der Waals surface area contributed by atoms with Crippen molar-refractivity contribution in [2.45, 2.75) is 106 Å². The quantitative estimate of drug-likeness (QED) is 0.241. The van der Waals surface area contributed by atoms with E-state index in [4.69, 9.17) is 18.5 Å². The molecular formula is C23H46NO5PS. The summed E-state index contributed by atoms with van der Waals surface area (Å²) in [5.41, 5.74) is -0.312. The van der Waals surface area contributed by atoms with Crippen LogP contribution in [0.2, 0.25) is 0 Å². The zero-order valence-corrected chi connectivity index (χ0v) is 23.1. The monoisotopic (exact) mass is 479 g/mol. The van der Waals surface area contributed by atoms with Crippen LogP contribution in [0, 0.1) is 11.3 Å². The Kier molecular flexibility index (Phi) is 13.1. The van der Waals surface area contributed by atoms with Crippen molar-refractivity contribution in [1.82, 2.24) is 4.67 Å². The highest BCUT2D eigenvalue weighted by Gasteiger charge is 2.43. The molecule has 184 valence electrons. The molecule has 1 aliphatic rings. The number of thioether (sulfide) groups is 1. The van der Waals surface area contributed by atoms with Gasteiger partial charge in [-0.3, -0.25) is 4.79 Å². The first-order chi connectivity index (χ1) is 14.4. The van der Waals surface area contributed by atoms with Crippen molar-refractivity contribution >= 4 is 25.4 Å². The molecule has 6 nitrogen and oxygen atoms in total. The molecule has 2 unspecified atom stereocenters. The predicted molar refractivity (Wildman–Crippen MR) is 131 cm³/mol. The van der Waals surface area contributed by atoms with Crippen LogP contribution in [0.5, 0.6) is 0 Å². The lowest BCUT2D eigenvalue weighted by molar-refractivity contribution is -0.117. The minimum Gasteiger partial charge on any atom is -0.378 e. The van der Waals surface area contributed by atoms with Gasteiger partial charge in [0.05, 0.1) is 38.1 Å². The van der Waals surface area contributed by atoms with Gasteiger partial charge in [-0.2, -0.15) is 0 Å². The van der Waals surface area contributed by atoms with Gasteiger partial charge in [-0.15, -0.1) is 0 Å². The summed E-state index contributed by atoms with van der Waals surface area (Å²) in [6.07, 6.45) is 1.26. The Morgan fingerprint density at radius 3 is 2.23 bits per heavy atom. The lowest BCUT2D eigenvalue weighted by atomic mass is 9.98. The molecule has 1 rings (SSSR count). The van der Waals surface area contributed by atoms with Crippen molar-refractivity contribution in [1.29, 1.82) is 0 Å². The van der Waals surface area contributed by atoms with E-state index < -0.39 is 8.53 Å². The van der Waals surface area contributed by atoms with Crippen molar-refractivity contribution in [2.75, 3.05) is 25.6 Å². The third-order valence-corrected chi connectivity index (χ3v) is 8.75. The summed E-state index contributed by atoms with van der Waals surface area (Å²) in [5.74, 6) is 0.992. The van der Waals surface area contributed by atoms with E-state index in [0.29, 0.717) is 43.6 Å². The van der Waals surface area contributed by atoms with Crippen molar-refractivity contribution in [3.8, 4) is 0 Å². The van der Waals surface area contributed by atoms with E-state index in [0.717, 1.165) is 6.42 Å². The third-order valence-electron chi connectivity index (χ3n) is 5.38. The van der Waals surface area contributed by atoms with Crippen LogP contribution < -0.4 is 0 Å². The Bertz CT molecular complexity index is 521. The lowest BCUT2D eigenvalue weighted by Crippen LogP contribution is -2.37. The van der Waals surface area contributed by atoms with E-state index in [2.05, 4.69) is 53.1 Å². The number of nitrogens with zero attached hydrogens (tertiary/aromatic N) is 1. The highest BCUT2D eigenvalue weighted by atomic mass is 32.2. The standard InChI is InChI=1S/C23H46NO5PS/c1-11-20-21(18(6)19(7)28-20)29-30(24(16(2)3)17(4)5)27-13-12-26-14-15-31-22(25)23(8,9)10/h16-21H,11-15H2,1-10H3/t18-,19+,20-,21?,30?/m1/s1. The first-order valence-corrected chi connectivity index (χ1v) is 13.8. The Morgan fingerprint density at radius 2 is 1.71 bits per heavy atom. The Balaban J connectivity index is 2.59. The molecule has 0 spiro atoms. The average molecular weight is 480 g/mol. The molecule has 0 aromatic rings. The minimum atomic E-state index is -1.23. The van der Waals surface area contributed by atoms with Crippen LogP contribution in [0.3, 0.4) is 0 Å². The molecule has 0 bridgehead atoms. The normalized spacial score (nSPS) is 25.7. The third kappa shape index (κ3) is 9.56. The molecular weight excluding hydrogens is 433 g/mol. The molecule has 1 aliphatic heterocycles. The van der Waals surface area contributed by atoms with Crippen molar-refractivity contribution in [3.05, 3.63) is 0 Å². The zero-order valence-electron chi connectivity index (χ0n) is 21.3. The molecule has 0 amide bonds. The Labute approximate surface area is 196 Å². The molecule has 1 fully saturated rings. The van der Waals surface area contributed by atoms with Crippen LogP contribution >= 0.6 is 20.3 Å². The van der Waals surface area contributed by atoms with Crippen molar-refractivity contribution in [2.24, 2.45) is 11.3 Å². The molecule has 0 saturated carbocycles. The first-order valence-electron chi connectivity index (χ1n) is 11.7. The molecule has 0 N–H and O–H groups in total. The maximum atomic E-state index is 12.0. The highest BCUT2D eigenvalue weighted by molar-refractivity contribution is 8.13. The molecule has 1 saturated heterocycles. The van der Waals surface area contributed by atoms with Gasteiger partial charge in [0.25, 0.3) is 8.53 Å². The second-order valence-electron chi connectivity index (χ2n) is 9.85. The van der Waals surface area contributed by atoms with Crippen LogP contribution in [-0.2, 0) is 23.3 Å². The van der Waals surface area contributed by atoms with Crippen LogP contribution in [0.1, 0.15) is 75.7 Å². The fourth-order valence-electron chi connectivity index (χ4n) is 3.49. The minimum absolute atomic E-state index is 0.0341. The molecule has 0 radical (unpaired) electrons. The zero-order chi connectivity index (χ0) is 23.8. The number of hydrogen-bond acceptors (Lipinski definition) is 7. The van der Waals surface area contributed by atoms with Gasteiger partial charge in [-0.25, -0.2) is 4.67 Å². The molecule has 8 heteroatoms. The van der Waals surface area contributed by atoms with Gasteiger partial charge in [-0.1, -0.05) is 46.4 Å². The largest absolute Gasteiger partial charge is 0.378 e. The summed E-state index contributed by atoms with van der Waals surface area (Å²) >= 11 is 1.34. The average Bonchev–Trinajstić information content (AvgIpc) is 2.93. The number of rotatable bonds is 13. The van der Waals surface area contributed by atoms with Crippen molar-refractivity contribution < 1.29 is 23.3 Å². The fraction of sp³-hybridized carbons (Fsp3) is 0.957. The number of carbonyl (C=O) groups is 1. The maximum absolute atomic E-state index is 12.0. The molecule has 1 heterocycles. The first kappa shape index (κ1) is 29.3. The van der Waals surface area contributed by atoms with E-state index in [1.165, 1.54) is 11.8 Å². The van der Waals surface area contributed by atoms with Gasteiger partial charge in [0.1, 0.15) is 0 Å². The number of ether oxygens (including phenoxy) is 2. The van der Waals surface area contributed by atoms with Crippen LogP contribution in [0.4, 0.5) is 0 Å². The van der Waals surface area contributed by atoms with Gasteiger partial charge in [-0.05, 0) is 41.0 Å². The fourth-order valence-corrected chi connectivity index (χ4v) is 6.13. The molecule has 0 aliphatic carbocycles. The molecule has 0 aromatic carbocycles. The topological polar surface area (TPSA) is 57.2 Å². The summed E-state index contributed by atoms with van der Waals surface area (Å²) in [5, 5.41) is 0.196. The summed E-state index contributed by atoms with van der Waals surface area (Å²) in [6.45, 7) is 22.5. The summed E-state index contributed by atoms with van der Waals surface area (Å²) in [4.78, 5) is 12.0. The summed E-state index contributed by atoms with van der Waals surface area (Å²) < 4.78 is 27.0. The van der Waals surface area contributed by atoms with E-state index >= 15 is 0 Å². The van der Waals surface area contributed by atoms with Crippen LogP contribution in [-0.4, -0.2) is 65.8 Å². The highest BCUT2D eigenvalue weighted by Crippen LogP contribution is 2.50.